The van der Waals surface area contributed by atoms with Crippen LogP contribution >= 0.6 is 0 Å². The van der Waals surface area contributed by atoms with Crippen LogP contribution in [0.4, 0.5) is 5.82 Å². The smallest absolute Gasteiger partial charge is 0.339 e. The highest BCUT2D eigenvalue weighted by Crippen LogP contribution is 2.37. The lowest BCUT2D eigenvalue weighted by molar-refractivity contribution is 0.0697. The lowest BCUT2D eigenvalue weighted by Crippen LogP contribution is -2.24. The molecule has 4 heteroatoms. The maximum atomic E-state index is 11.5. The molecule has 1 heterocycles. The number of carbonyl (C=O) groups is 1. The Bertz CT molecular complexity index is 676. The van der Waals surface area contributed by atoms with Crippen molar-refractivity contribution in [2.75, 3.05) is 11.9 Å². The van der Waals surface area contributed by atoms with Gasteiger partial charge in [0.1, 0.15) is 11.4 Å². The summed E-state index contributed by atoms with van der Waals surface area (Å²) >= 11 is 0. The molecule has 3 rings (SSSR count). The number of rotatable bonds is 4. The largest absolute Gasteiger partial charge is 0.478 e. The average Bonchev–Trinajstić information content (AvgIpc) is 2.91. The number of pyridine rings is 1. The number of para-hydroxylation sites is 1. The van der Waals surface area contributed by atoms with Crippen molar-refractivity contribution < 1.29 is 9.90 Å². The maximum Gasteiger partial charge on any atom is 0.339 e. The van der Waals surface area contributed by atoms with E-state index in [1.54, 1.807) is 6.07 Å². The van der Waals surface area contributed by atoms with Crippen molar-refractivity contribution in [1.82, 2.24) is 4.98 Å². The number of anilines is 1. The predicted molar refractivity (Wildman–Crippen MR) is 83.8 cm³/mol. The molecule has 0 aliphatic heterocycles. The third kappa shape index (κ3) is 2.84. The molecular weight excluding hydrogens is 264 g/mol. The molecule has 2 N–H and O–H groups in total. The van der Waals surface area contributed by atoms with Crippen molar-refractivity contribution in [3.8, 4) is 0 Å². The van der Waals surface area contributed by atoms with Crippen LogP contribution in [-0.2, 0) is 0 Å². The lowest BCUT2D eigenvalue weighted by Gasteiger charge is -2.24. The Balaban J connectivity index is 1.92. The third-order valence-corrected chi connectivity index (χ3v) is 4.45. The van der Waals surface area contributed by atoms with Gasteiger partial charge in [0.15, 0.2) is 0 Å². The number of aromatic nitrogens is 1. The molecule has 0 amide bonds. The van der Waals surface area contributed by atoms with E-state index in [0.29, 0.717) is 5.82 Å². The highest BCUT2D eigenvalue weighted by atomic mass is 16.4. The first-order valence-corrected chi connectivity index (χ1v) is 7.44. The van der Waals surface area contributed by atoms with Crippen molar-refractivity contribution in [2.24, 2.45) is 5.41 Å². The van der Waals surface area contributed by atoms with Gasteiger partial charge in [-0.05, 0) is 30.4 Å². The topological polar surface area (TPSA) is 62.2 Å². The SMILES string of the molecule is CC1(CNc2nc3ccccc3cc2C(=O)O)CCCC1. The summed E-state index contributed by atoms with van der Waals surface area (Å²) < 4.78 is 0. The summed E-state index contributed by atoms with van der Waals surface area (Å²) in [4.78, 5) is 16.0. The molecule has 0 saturated heterocycles. The van der Waals surface area contributed by atoms with E-state index >= 15 is 0 Å². The number of carboxylic acid groups (broad SMARTS) is 1. The Labute approximate surface area is 124 Å². The van der Waals surface area contributed by atoms with Gasteiger partial charge in [-0.15, -0.1) is 0 Å². The van der Waals surface area contributed by atoms with Gasteiger partial charge in [0.2, 0.25) is 0 Å². The number of carboxylic acids is 1. The Morgan fingerprint density at radius 2 is 2.05 bits per heavy atom. The second kappa shape index (κ2) is 5.35. The highest BCUT2D eigenvalue weighted by Gasteiger charge is 2.29. The molecule has 0 atom stereocenters. The first-order valence-electron chi connectivity index (χ1n) is 7.44. The Kier molecular flexibility index (Phi) is 3.53. The molecule has 0 spiro atoms. The molecule has 4 nitrogen and oxygen atoms in total. The fourth-order valence-electron chi connectivity index (χ4n) is 3.12. The van der Waals surface area contributed by atoms with Crippen LogP contribution in [0.15, 0.2) is 30.3 Å². The normalized spacial score (nSPS) is 17.0. The van der Waals surface area contributed by atoms with Gasteiger partial charge < -0.3 is 10.4 Å². The van der Waals surface area contributed by atoms with Crippen LogP contribution in [0.2, 0.25) is 0 Å². The molecule has 1 aliphatic carbocycles. The summed E-state index contributed by atoms with van der Waals surface area (Å²) in [6.45, 7) is 3.03. The molecule has 21 heavy (non-hydrogen) atoms. The van der Waals surface area contributed by atoms with Crippen molar-refractivity contribution in [3.05, 3.63) is 35.9 Å². The van der Waals surface area contributed by atoms with Crippen LogP contribution in [0.3, 0.4) is 0 Å². The first-order chi connectivity index (χ1) is 10.1. The van der Waals surface area contributed by atoms with E-state index in [0.717, 1.165) is 17.4 Å². The van der Waals surface area contributed by atoms with Crippen molar-refractivity contribution in [3.63, 3.8) is 0 Å². The molecule has 0 bridgehead atoms. The number of nitrogens with one attached hydrogen (secondary N) is 1. The third-order valence-electron chi connectivity index (χ3n) is 4.45. The molecule has 1 fully saturated rings. The van der Waals surface area contributed by atoms with Crippen molar-refractivity contribution in [1.29, 1.82) is 0 Å². The zero-order chi connectivity index (χ0) is 14.9. The number of hydrogen-bond acceptors (Lipinski definition) is 3. The summed E-state index contributed by atoms with van der Waals surface area (Å²) in [5, 5.41) is 13.5. The van der Waals surface area contributed by atoms with E-state index in [9.17, 15) is 9.90 Å². The minimum absolute atomic E-state index is 0.246. The van der Waals surface area contributed by atoms with Gasteiger partial charge in [-0.25, -0.2) is 9.78 Å². The fourth-order valence-corrected chi connectivity index (χ4v) is 3.12. The van der Waals surface area contributed by atoms with Crippen LogP contribution in [-0.4, -0.2) is 22.6 Å². The van der Waals surface area contributed by atoms with Gasteiger partial charge in [0, 0.05) is 11.9 Å². The Morgan fingerprint density at radius 3 is 2.76 bits per heavy atom. The van der Waals surface area contributed by atoms with Gasteiger partial charge in [-0.2, -0.15) is 0 Å². The van der Waals surface area contributed by atoms with Gasteiger partial charge in [0.05, 0.1) is 5.52 Å². The number of fused-ring (bicyclic) bond motifs is 1. The summed E-state index contributed by atoms with van der Waals surface area (Å²) in [6, 6.07) is 9.30. The van der Waals surface area contributed by atoms with Gasteiger partial charge >= 0.3 is 5.97 Å². The van der Waals surface area contributed by atoms with Crippen molar-refractivity contribution in [2.45, 2.75) is 32.6 Å². The molecule has 110 valence electrons. The molecule has 2 aromatic rings. The highest BCUT2D eigenvalue weighted by molar-refractivity contribution is 5.98. The second-order valence-electron chi connectivity index (χ2n) is 6.25. The molecule has 0 unspecified atom stereocenters. The van der Waals surface area contributed by atoms with Gasteiger partial charge in [-0.3, -0.25) is 0 Å². The quantitative estimate of drug-likeness (QED) is 0.893. The van der Waals surface area contributed by atoms with Crippen LogP contribution in [0.1, 0.15) is 43.0 Å². The van der Waals surface area contributed by atoms with E-state index in [2.05, 4.69) is 17.2 Å². The Morgan fingerprint density at radius 1 is 1.33 bits per heavy atom. The minimum Gasteiger partial charge on any atom is -0.478 e. The molecular formula is C17H20N2O2. The van der Waals surface area contributed by atoms with Crippen LogP contribution < -0.4 is 5.32 Å². The average molecular weight is 284 g/mol. The maximum absolute atomic E-state index is 11.5. The van der Waals surface area contributed by atoms with E-state index in [4.69, 9.17) is 0 Å². The molecule has 1 saturated carbocycles. The van der Waals surface area contributed by atoms with Crippen LogP contribution in [0, 0.1) is 5.41 Å². The van der Waals surface area contributed by atoms with E-state index in [1.807, 2.05) is 24.3 Å². The minimum atomic E-state index is -0.938. The Hall–Kier alpha value is -2.10. The molecule has 1 aliphatic rings. The number of benzene rings is 1. The summed E-state index contributed by atoms with van der Waals surface area (Å²) in [6.07, 6.45) is 4.90. The second-order valence-corrected chi connectivity index (χ2v) is 6.25. The zero-order valence-corrected chi connectivity index (χ0v) is 12.2. The van der Waals surface area contributed by atoms with Crippen LogP contribution in [0.25, 0.3) is 10.9 Å². The molecule has 1 aromatic heterocycles. The number of hydrogen-bond donors (Lipinski definition) is 2. The van der Waals surface area contributed by atoms with E-state index in [-0.39, 0.29) is 11.0 Å². The standard InChI is InChI=1S/C17H20N2O2/c1-17(8-4-5-9-17)11-18-15-13(16(20)21)10-12-6-2-3-7-14(12)19-15/h2-3,6-7,10H,4-5,8-9,11H2,1H3,(H,18,19)(H,20,21). The summed E-state index contributed by atoms with van der Waals surface area (Å²) in [5.41, 5.74) is 1.32. The van der Waals surface area contributed by atoms with E-state index in [1.165, 1.54) is 25.7 Å². The first kappa shape index (κ1) is 13.9. The van der Waals surface area contributed by atoms with E-state index < -0.39 is 5.97 Å². The predicted octanol–water partition coefficient (Wildman–Crippen LogP) is 3.93. The lowest BCUT2D eigenvalue weighted by atomic mass is 9.89. The van der Waals surface area contributed by atoms with Gasteiger partial charge in [-0.1, -0.05) is 38.0 Å². The molecule has 0 radical (unpaired) electrons. The van der Waals surface area contributed by atoms with Crippen LogP contribution in [0.5, 0.6) is 0 Å². The fraction of sp³-hybridized carbons (Fsp3) is 0.412. The number of aromatic carboxylic acids is 1. The monoisotopic (exact) mass is 284 g/mol. The molecule has 1 aromatic carbocycles. The number of nitrogens with zero attached hydrogens (tertiary/aromatic N) is 1. The summed E-state index contributed by atoms with van der Waals surface area (Å²) in [7, 11) is 0. The zero-order valence-electron chi connectivity index (χ0n) is 12.2. The van der Waals surface area contributed by atoms with Gasteiger partial charge in [0.25, 0.3) is 0 Å². The van der Waals surface area contributed by atoms with Crippen molar-refractivity contribution >= 4 is 22.7 Å². The summed E-state index contributed by atoms with van der Waals surface area (Å²) in [5.74, 6) is -0.457.